The molecule has 0 saturated carbocycles. The van der Waals surface area contributed by atoms with Crippen molar-refractivity contribution in [3.05, 3.63) is 11.9 Å². The Bertz CT molecular complexity index is 135. The minimum absolute atomic E-state index is 0.493. The molecular weight excluding hydrogens is 100 g/mol. The molecule has 2 N–H and O–H groups in total. The van der Waals surface area contributed by atoms with Gasteiger partial charge in [0.05, 0.1) is 0 Å². The molecule has 0 amide bonds. The largest absolute Gasteiger partial charge is 0.401 e. The summed E-state index contributed by atoms with van der Waals surface area (Å²) in [4.78, 5) is 3.90. The van der Waals surface area contributed by atoms with E-state index < -0.39 is 0 Å². The summed E-state index contributed by atoms with van der Waals surface area (Å²) in [6.45, 7) is 2.09. The van der Waals surface area contributed by atoms with Crippen LogP contribution in [0, 0.1) is 5.92 Å². The van der Waals surface area contributed by atoms with E-state index >= 15 is 0 Å². The van der Waals surface area contributed by atoms with Gasteiger partial charge in [-0.1, -0.05) is 6.92 Å². The summed E-state index contributed by atoms with van der Waals surface area (Å²) >= 11 is 0. The van der Waals surface area contributed by atoms with Crippen molar-refractivity contribution in [2.75, 3.05) is 0 Å². The van der Waals surface area contributed by atoms with Gasteiger partial charge in [-0.05, 0) is 6.42 Å². The number of nitrogens with zero attached hydrogens (tertiary/aromatic N) is 1. The number of hydrogen-bond donors (Lipinski definition) is 1. The Morgan fingerprint density at radius 2 is 2.62 bits per heavy atom. The van der Waals surface area contributed by atoms with Gasteiger partial charge in [-0.15, -0.1) is 0 Å². The molecule has 1 heterocycles. The summed E-state index contributed by atoms with van der Waals surface area (Å²) in [5.74, 6) is 0.493. The summed E-state index contributed by atoms with van der Waals surface area (Å²) in [7, 11) is 0. The molecule has 1 aliphatic rings. The second kappa shape index (κ2) is 1.99. The number of rotatable bonds is 0. The first-order valence-corrected chi connectivity index (χ1v) is 2.78. The van der Waals surface area contributed by atoms with Gasteiger partial charge in [0.15, 0.2) is 0 Å². The topological polar surface area (TPSA) is 38.4 Å². The third-order valence-electron chi connectivity index (χ3n) is 1.36. The molecule has 0 aliphatic carbocycles. The SMILES string of the molecule is CC1CC=NC=C1N. The molecule has 2 heteroatoms. The second-order valence-electron chi connectivity index (χ2n) is 2.10. The fourth-order valence-electron chi connectivity index (χ4n) is 0.621. The van der Waals surface area contributed by atoms with Crippen LogP contribution in [0.15, 0.2) is 16.9 Å². The summed E-state index contributed by atoms with van der Waals surface area (Å²) in [5.41, 5.74) is 6.42. The van der Waals surface area contributed by atoms with Crippen molar-refractivity contribution in [3.63, 3.8) is 0 Å². The number of allylic oxidation sites excluding steroid dienone is 1. The van der Waals surface area contributed by atoms with Crippen molar-refractivity contribution in [2.45, 2.75) is 13.3 Å². The third-order valence-corrected chi connectivity index (χ3v) is 1.36. The molecule has 2 nitrogen and oxygen atoms in total. The normalized spacial score (nSPS) is 27.6. The van der Waals surface area contributed by atoms with E-state index in [1.54, 1.807) is 6.20 Å². The highest BCUT2D eigenvalue weighted by molar-refractivity contribution is 5.60. The predicted molar refractivity (Wildman–Crippen MR) is 34.5 cm³/mol. The molecule has 1 unspecified atom stereocenters. The first-order valence-electron chi connectivity index (χ1n) is 2.78. The van der Waals surface area contributed by atoms with Gasteiger partial charge in [0, 0.05) is 24.0 Å². The van der Waals surface area contributed by atoms with Crippen molar-refractivity contribution in [2.24, 2.45) is 16.6 Å². The Morgan fingerprint density at radius 1 is 1.88 bits per heavy atom. The molecule has 0 aromatic rings. The maximum Gasteiger partial charge on any atom is 0.0454 e. The summed E-state index contributed by atoms with van der Waals surface area (Å²) in [6, 6.07) is 0. The maximum atomic E-state index is 5.53. The number of nitrogens with two attached hydrogens (primary N) is 1. The standard InChI is InChI=1S/C6H10N2/c1-5-2-3-8-4-6(5)7/h3-5H,2,7H2,1H3. The Morgan fingerprint density at radius 3 is 3.00 bits per heavy atom. The third kappa shape index (κ3) is 0.886. The van der Waals surface area contributed by atoms with Gasteiger partial charge in [-0.2, -0.15) is 0 Å². The van der Waals surface area contributed by atoms with Crippen molar-refractivity contribution in [1.82, 2.24) is 0 Å². The molecular formula is C6H10N2. The quantitative estimate of drug-likeness (QED) is 0.494. The summed E-state index contributed by atoms with van der Waals surface area (Å²) in [6.07, 6.45) is 4.59. The van der Waals surface area contributed by atoms with Gasteiger partial charge >= 0.3 is 0 Å². The zero-order valence-corrected chi connectivity index (χ0v) is 4.96. The summed E-state index contributed by atoms with van der Waals surface area (Å²) < 4.78 is 0. The molecule has 44 valence electrons. The van der Waals surface area contributed by atoms with E-state index in [-0.39, 0.29) is 0 Å². The van der Waals surface area contributed by atoms with E-state index in [1.807, 2.05) is 6.21 Å². The molecule has 0 saturated heterocycles. The summed E-state index contributed by atoms with van der Waals surface area (Å²) in [5, 5.41) is 0. The fourth-order valence-corrected chi connectivity index (χ4v) is 0.621. The average Bonchev–Trinajstić information content (AvgIpc) is 1.77. The smallest absolute Gasteiger partial charge is 0.0454 e. The van der Waals surface area contributed by atoms with E-state index in [1.165, 1.54) is 0 Å². The van der Waals surface area contributed by atoms with E-state index in [9.17, 15) is 0 Å². The van der Waals surface area contributed by atoms with Crippen LogP contribution in [0.4, 0.5) is 0 Å². The molecule has 1 rings (SSSR count). The number of aliphatic imine (C=N–C) groups is 1. The van der Waals surface area contributed by atoms with Crippen LogP contribution < -0.4 is 5.73 Å². The van der Waals surface area contributed by atoms with Crippen molar-refractivity contribution < 1.29 is 0 Å². The van der Waals surface area contributed by atoms with Crippen LogP contribution in [0.2, 0.25) is 0 Å². The number of hydrogen-bond acceptors (Lipinski definition) is 2. The van der Waals surface area contributed by atoms with Crippen LogP contribution in [-0.4, -0.2) is 6.21 Å². The van der Waals surface area contributed by atoms with Crippen molar-refractivity contribution in [3.8, 4) is 0 Å². The van der Waals surface area contributed by atoms with Crippen LogP contribution in [0.25, 0.3) is 0 Å². The highest BCUT2D eigenvalue weighted by Gasteiger charge is 2.04. The van der Waals surface area contributed by atoms with Crippen LogP contribution in [0.3, 0.4) is 0 Å². The first kappa shape index (κ1) is 5.35. The zero-order chi connectivity index (χ0) is 5.98. The molecule has 1 atom stereocenters. The lowest BCUT2D eigenvalue weighted by Crippen LogP contribution is -2.11. The molecule has 0 bridgehead atoms. The molecule has 0 radical (unpaired) electrons. The Kier molecular flexibility index (Phi) is 1.33. The first-order chi connectivity index (χ1) is 3.80. The lowest BCUT2D eigenvalue weighted by molar-refractivity contribution is 0.699. The molecule has 8 heavy (non-hydrogen) atoms. The van der Waals surface area contributed by atoms with E-state index in [4.69, 9.17) is 5.73 Å². The molecule has 1 aliphatic heterocycles. The van der Waals surface area contributed by atoms with Gasteiger partial charge in [0.25, 0.3) is 0 Å². The second-order valence-corrected chi connectivity index (χ2v) is 2.10. The predicted octanol–water partition coefficient (Wildman–Crippen LogP) is 0.897. The van der Waals surface area contributed by atoms with Crippen molar-refractivity contribution in [1.29, 1.82) is 0 Å². The molecule has 0 aromatic heterocycles. The zero-order valence-electron chi connectivity index (χ0n) is 4.96. The van der Waals surface area contributed by atoms with Gasteiger partial charge in [0.2, 0.25) is 0 Å². The van der Waals surface area contributed by atoms with Crippen LogP contribution in [0.1, 0.15) is 13.3 Å². The highest BCUT2D eigenvalue weighted by Crippen LogP contribution is 2.10. The average molecular weight is 110 g/mol. The van der Waals surface area contributed by atoms with Crippen LogP contribution in [-0.2, 0) is 0 Å². The molecule has 0 aromatic carbocycles. The lowest BCUT2D eigenvalue weighted by Gasteiger charge is -2.10. The maximum absolute atomic E-state index is 5.53. The highest BCUT2D eigenvalue weighted by atomic mass is 14.7. The molecule has 0 spiro atoms. The van der Waals surface area contributed by atoms with E-state index in [2.05, 4.69) is 11.9 Å². The minimum atomic E-state index is 0.493. The fraction of sp³-hybridized carbons (Fsp3) is 0.500. The Balaban J connectivity index is 2.66. The Labute approximate surface area is 49.1 Å². The van der Waals surface area contributed by atoms with Gasteiger partial charge in [-0.25, -0.2) is 0 Å². The monoisotopic (exact) mass is 110 g/mol. The lowest BCUT2D eigenvalue weighted by atomic mass is 10.0. The van der Waals surface area contributed by atoms with Crippen molar-refractivity contribution >= 4 is 6.21 Å². The minimum Gasteiger partial charge on any atom is -0.401 e. The molecule has 0 fully saturated rings. The van der Waals surface area contributed by atoms with Gasteiger partial charge < -0.3 is 5.73 Å². The van der Waals surface area contributed by atoms with E-state index in [0.29, 0.717) is 5.92 Å². The Hall–Kier alpha value is -0.790. The van der Waals surface area contributed by atoms with E-state index in [0.717, 1.165) is 12.1 Å². The van der Waals surface area contributed by atoms with Gasteiger partial charge in [-0.3, -0.25) is 4.99 Å². The van der Waals surface area contributed by atoms with Crippen LogP contribution >= 0.6 is 0 Å². The van der Waals surface area contributed by atoms with Gasteiger partial charge in [0.1, 0.15) is 0 Å². The van der Waals surface area contributed by atoms with Crippen LogP contribution in [0.5, 0.6) is 0 Å².